The highest BCUT2D eigenvalue weighted by molar-refractivity contribution is 5.97. The number of amides is 2. The molecule has 4 N–H and O–H groups in total. The van der Waals surface area contributed by atoms with Gasteiger partial charge in [-0.3, -0.25) is 9.59 Å². The van der Waals surface area contributed by atoms with Gasteiger partial charge < -0.3 is 26.0 Å². The lowest BCUT2D eigenvalue weighted by molar-refractivity contribution is -0.150. The van der Waals surface area contributed by atoms with E-state index >= 15 is 0 Å². The maximum absolute atomic E-state index is 14.0. The highest BCUT2D eigenvalue weighted by Crippen LogP contribution is 2.25. The van der Waals surface area contributed by atoms with Crippen LogP contribution < -0.4 is 21.1 Å². The number of hydrogen-bond acceptors (Lipinski definition) is 6. The molecule has 0 radical (unpaired) electrons. The average Bonchev–Trinajstić information content (AvgIpc) is 3.06. The number of aromatic nitrogens is 1. The fourth-order valence-electron chi connectivity index (χ4n) is 5.76. The van der Waals surface area contributed by atoms with Crippen LogP contribution in [0.1, 0.15) is 30.4 Å². The standard InChI is InChI=1S/C37H37N5O3/c38-32-13-8-22-40-35(32)39-21-7-6-14-34-36(43)41-33(24-27-15-18-28-9-4-5-10-29(28)23-27)37(44)42(34)25-26-16-19-31(20-17-26)45-30-11-2-1-3-12-30/h1-5,8-13,15-20,22-23,33-34H,6-7,14,21,24-25,38H2,(H,39,40)(H,41,43)/t33-,34-/m0/s1. The fraction of sp³-hybridized carbons (Fsp3) is 0.216. The molecule has 1 fully saturated rings. The van der Waals surface area contributed by atoms with Crippen LogP contribution in [0.2, 0.25) is 0 Å². The molecular weight excluding hydrogens is 562 g/mol. The van der Waals surface area contributed by atoms with Crippen molar-refractivity contribution in [2.45, 2.75) is 44.3 Å². The molecule has 4 aromatic carbocycles. The Hall–Kier alpha value is -5.37. The molecule has 1 aromatic heterocycles. The predicted octanol–water partition coefficient (Wildman–Crippen LogP) is 6.33. The molecule has 45 heavy (non-hydrogen) atoms. The highest BCUT2D eigenvalue weighted by atomic mass is 16.5. The smallest absolute Gasteiger partial charge is 0.246 e. The van der Waals surface area contributed by atoms with E-state index in [1.807, 2.05) is 72.8 Å². The number of piperazine rings is 1. The number of carbonyl (C=O) groups excluding carboxylic acids is 2. The molecule has 5 aromatic rings. The minimum absolute atomic E-state index is 0.0724. The Balaban J connectivity index is 1.15. The lowest BCUT2D eigenvalue weighted by Crippen LogP contribution is -2.63. The number of nitrogens with two attached hydrogens (primary N) is 1. The molecule has 0 bridgehead atoms. The monoisotopic (exact) mass is 599 g/mol. The van der Waals surface area contributed by atoms with Crippen LogP contribution >= 0.6 is 0 Å². The molecule has 0 aliphatic carbocycles. The van der Waals surface area contributed by atoms with Crippen molar-refractivity contribution in [1.29, 1.82) is 0 Å². The number of anilines is 2. The first-order valence-corrected chi connectivity index (χ1v) is 15.4. The lowest BCUT2D eigenvalue weighted by atomic mass is 9.96. The summed E-state index contributed by atoms with van der Waals surface area (Å²) < 4.78 is 5.95. The van der Waals surface area contributed by atoms with Crippen molar-refractivity contribution in [3.8, 4) is 11.5 Å². The van der Waals surface area contributed by atoms with Crippen LogP contribution in [0, 0.1) is 0 Å². The summed E-state index contributed by atoms with van der Waals surface area (Å²) in [5, 5.41) is 8.56. The van der Waals surface area contributed by atoms with E-state index in [4.69, 9.17) is 10.5 Å². The van der Waals surface area contributed by atoms with E-state index in [0.29, 0.717) is 43.2 Å². The number of nitrogen functional groups attached to an aromatic ring is 1. The molecule has 2 amide bonds. The Bertz CT molecular complexity index is 1760. The van der Waals surface area contributed by atoms with Gasteiger partial charge in [-0.2, -0.15) is 0 Å². The zero-order chi connectivity index (χ0) is 31.0. The van der Waals surface area contributed by atoms with E-state index in [9.17, 15) is 9.59 Å². The molecule has 1 aliphatic rings. The number of hydrogen-bond donors (Lipinski definition) is 3. The molecule has 0 unspecified atom stereocenters. The van der Waals surface area contributed by atoms with Gasteiger partial charge in [0, 0.05) is 25.7 Å². The van der Waals surface area contributed by atoms with Crippen LogP contribution in [0.15, 0.2) is 115 Å². The third kappa shape index (κ3) is 7.41. The molecule has 228 valence electrons. The predicted molar refractivity (Wildman–Crippen MR) is 178 cm³/mol. The molecular formula is C37H37N5O3. The van der Waals surface area contributed by atoms with E-state index in [-0.39, 0.29) is 11.8 Å². The van der Waals surface area contributed by atoms with Crippen molar-refractivity contribution in [3.63, 3.8) is 0 Å². The van der Waals surface area contributed by atoms with E-state index in [1.54, 1.807) is 23.2 Å². The zero-order valence-electron chi connectivity index (χ0n) is 25.1. The number of unbranched alkanes of at least 4 members (excludes halogenated alkanes) is 1. The normalized spacial score (nSPS) is 16.4. The van der Waals surface area contributed by atoms with Crippen molar-refractivity contribution in [3.05, 3.63) is 127 Å². The van der Waals surface area contributed by atoms with Gasteiger partial charge in [0.2, 0.25) is 11.8 Å². The molecule has 8 heteroatoms. The summed E-state index contributed by atoms with van der Waals surface area (Å²) in [5.41, 5.74) is 8.52. The summed E-state index contributed by atoms with van der Waals surface area (Å²) in [4.78, 5) is 33.6. The first-order chi connectivity index (χ1) is 22.0. The van der Waals surface area contributed by atoms with Crippen LogP contribution in [0.5, 0.6) is 11.5 Å². The Morgan fingerprint density at radius 1 is 0.800 bits per heavy atom. The summed E-state index contributed by atoms with van der Waals surface area (Å²) >= 11 is 0. The summed E-state index contributed by atoms with van der Waals surface area (Å²) in [6.45, 7) is 0.996. The molecule has 1 aliphatic heterocycles. The van der Waals surface area contributed by atoms with Gasteiger partial charge in [0.1, 0.15) is 29.4 Å². The number of fused-ring (bicyclic) bond motifs is 1. The highest BCUT2D eigenvalue weighted by Gasteiger charge is 2.40. The van der Waals surface area contributed by atoms with Gasteiger partial charge in [-0.15, -0.1) is 0 Å². The molecule has 6 rings (SSSR count). The van der Waals surface area contributed by atoms with Gasteiger partial charge in [-0.25, -0.2) is 4.98 Å². The van der Waals surface area contributed by atoms with Gasteiger partial charge >= 0.3 is 0 Å². The van der Waals surface area contributed by atoms with Crippen molar-refractivity contribution in [2.75, 3.05) is 17.6 Å². The topological polar surface area (TPSA) is 110 Å². The number of pyridine rings is 1. The molecule has 0 spiro atoms. The fourth-order valence-corrected chi connectivity index (χ4v) is 5.76. The SMILES string of the molecule is Nc1cccnc1NCCCC[C@H]1C(=O)N[C@@H](Cc2ccc3ccccc3c2)C(=O)N1Cc1ccc(Oc2ccccc2)cc1. The molecule has 0 saturated carbocycles. The van der Waals surface area contributed by atoms with E-state index in [1.165, 1.54) is 0 Å². The van der Waals surface area contributed by atoms with E-state index in [2.05, 4.69) is 39.9 Å². The largest absolute Gasteiger partial charge is 0.457 e. The van der Waals surface area contributed by atoms with Crippen LogP contribution in [-0.4, -0.2) is 40.3 Å². The zero-order valence-corrected chi connectivity index (χ0v) is 25.1. The molecule has 8 nitrogen and oxygen atoms in total. The number of nitrogens with one attached hydrogen (secondary N) is 2. The Morgan fingerprint density at radius 2 is 1.53 bits per heavy atom. The summed E-state index contributed by atoms with van der Waals surface area (Å²) in [5.74, 6) is 1.92. The van der Waals surface area contributed by atoms with Gasteiger partial charge in [0.25, 0.3) is 0 Å². The molecule has 2 atom stereocenters. The maximum Gasteiger partial charge on any atom is 0.246 e. The Morgan fingerprint density at radius 3 is 2.33 bits per heavy atom. The summed E-state index contributed by atoms with van der Waals surface area (Å²) in [6.07, 6.45) is 4.23. The van der Waals surface area contributed by atoms with Crippen LogP contribution in [0.25, 0.3) is 10.8 Å². The van der Waals surface area contributed by atoms with Crippen molar-refractivity contribution in [2.24, 2.45) is 0 Å². The number of nitrogens with zero attached hydrogens (tertiary/aromatic N) is 2. The third-order valence-electron chi connectivity index (χ3n) is 8.12. The number of para-hydroxylation sites is 1. The maximum atomic E-state index is 14.0. The number of rotatable bonds is 12. The molecule has 2 heterocycles. The second kappa shape index (κ2) is 13.9. The minimum Gasteiger partial charge on any atom is -0.457 e. The van der Waals surface area contributed by atoms with Gasteiger partial charge in [-0.05, 0) is 77.6 Å². The van der Waals surface area contributed by atoms with Gasteiger partial charge in [-0.1, -0.05) is 72.8 Å². The summed E-state index contributed by atoms with van der Waals surface area (Å²) in [6, 6.07) is 34.0. The Kier molecular flexibility index (Phi) is 9.20. The lowest BCUT2D eigenvalue weighted by Gasteiger charge is -2.39. The van der Waals surface area contributed by atoms with Crippen LogP contribution in [0.3, 0.4) is 0 Å². The second-order valence-corrected chi connectivity index (χ2v) is 11.4. The average molecular weight is 600 g/mol. The van der Waals surface area contributed by atoms with Crippen molar-refractivity contribution < 1.29 is 14.3 Å². The first-order valence-electron chi connectivity index (χ1n) is 15.4. The van der Waals surface area contributed by atoms with E-state index < -0.39 is 12.1 Å². The number of benzene rings is 4. The third-order valence-corrected chi connectivity index (χ3v) is 8.12. The van der Waals surface area contributed by atoms with Crippen LogP contribution in [-0.2, 0) is 22.6 Å². The van der Waals surface area contributed by atoms with E-state index in [0.717, 1.165) is 40.5 Å². The number of carbonyl (C=O) groups is 2. The molecule has 1 saturated heterocycles. The minimum atomic E-state index is -0.635. The Labute approximate surface area is 263 Å². The van der Waals surface area contributed by atoms with Crippen molar-refractivity contribution >= 4 is 34.1 Å². The second-order valence-electron chi connectivity index (χ2n) is 11.4. The van der Waals surface area contributed by atoms with Gasteiger partial charge in [0.15, 0.2) is 0 Å². The number of ether oxygens (including phenoxy) is 1. The van der Waals surface area contributed by atoms with Crippen molar-refractivity contribution in [1.82, 2.24) is 15.2 Å². The summed E-state index contributed by atoms with van der Waals surface area (Å²) in [7, 11) is 0. The van der Waals surface area contributed by atoms with Gasteiger partial charge in [0.05, 0.1) is 5.69 Å². The quantitative estimate of drug-likeness (QED) is 0.145. The first kappa shape index (κ1) is 29.7. The van der Waals surface area contributed by atoms with Crippen LogP contribution in [0.4, 0.5) is 11.5 Å².